The lowest BCUT2D eigenvalue weighted by atomic mass is 9.98. The molecule has 0 amide bonds. The second kappa shape index (κ2) is 5.11. The highest BCUT2D eigenvalue weighted by Crippen LogP contribution is 2.32. The van der Waals surface area contributed by atoms with Gasteiger partial charge in [-0.3, -0.25) is 4.98 Å². The van der Waals surface area contributed by atoms with Crippen molar-refractivity contribution in [1.82, 2.24) is 4.98 Å². The number of rotatable bonds is 2. The number of hydrogen-bond acceptors (Lipinski definition) is 2. The summed E-state index contributed by atoms with van der Waals surface area (Å²) in [6.07, 6.45) is -1.26. The molecule has 1 aromatic heterocycles. The Hall–Kier alpha value is -2.35. The lowest BCUT2D eigenvalue weighted by Crippen LogP contribution is -2.04. The zero-order valence-corrected chi connectivity index (χ0v) is 9.78. The Morgan fingerprint density at radius 1 is 1.21 bits per heavy atom. The molecule has 0 radical (unpaired) electrons. The van der Waals surface area contributed by atoms with Gasteiger partial charge in [-0.05, 0) is 29.3 Å². The number of alkyl halides is 3. The van der Waals surface area contributed by atoms with E-state index in [2.05, 4.69) is 4.98 Å². The van der Waals surface area contributed by atoms with Crippen molar-refractivity contribution in [3.8, 4) is 17.2 Å². The molecule has 1 aromatic carbocycles. The van der Waals surface area contributed by atoms with E-state index >= 15 is 0 Å². The summed E-state index contributed by atoms with van der Waals surface area (Å²) in [6, 6.07) is 8.64. The van der Waals surface area contributed by atoms with Crippen molar-refractivity contribution in [2.24, 2.45) is 0 Å². The Kier molecular flexibility index (Phi) is 3.52. The first-order valence-electron chi connectivity index (χ1n) is 5.50. The third kappa shape index (κ3) is 2.91. The summed E-state index contributed by atoms with van der Waals surface area (Å²) in [4.78, 5) is 3.91. The lowest BCUT2D eigenvalue weighted by molar-refractivity contribution is -0.137. The van der Waals surface area contributed by atoms with Crippen LogP contribution in [0.4, 0.5) is 13.2 Å². The Bertz CT molecular complexity index is 627. The van der Waals surface area contributed by atoms with Crippen molar-refractivity contribution in [2.45, 2.75) is 12.6 Å². The van der Waals surface area contributed by atoms with Gasteiger partial charge in [0.05, 0.1) is 18.1 Å². The van der Waals surface area contributed by atoms with E-state index in [1.54, 1.807) is 12.1 Å². The van der Waals surface area contributed by atoms with Gasteiger partial charge in [0.2, 0.25) is 0 Å². The Morgan fingerprint density at radius 3 is 2.68 bits per heavy atom. The van der Waals surface area contributed by atoms with E-state index in [1.165, 1.54) is 18.5 Å². The molecule has 2 nitrogen and oxygen atoms in total. The smallest absolute Gasteiger partial charge is 0.264 e. The van der Waals surface area contributed by atoms with Gasteiger partial charge >= 0.3 is 6.18 Å². The van der Waals surface area contributed by atoms with E-state index in [0.717, 1.165) is 12.1 Å². The van der Waals surface area contributed by atoms with E-state index in [0.29, 0.717) is 16.7 Å². The van der Waals surface area contributed by atoms with E-state index in [9.17, 15) is 13.2 Å². The summed E-state index contributed by atoms with van der Waals surface area (Å²) in [5.41, 5.74) is 0.914. The van der Waals surface area contributed by atoms with Crippen LogP contribution in [0.5, 0.6) is 0 Å². The first-order chi connectivity index (χ1) is 9.02. The standard InChI is InChI=1S/C14H9F3N2/c15-14(16,17)12-3-1-2-11(8-12)13-9-19-7-5-10(13)4-6-18/h1-3,5,7-9H,4H2. The molecule has 0 saturated heterocycles. The number of pyridine rings is 1. The van der Waals surface area contributed by atoms with Crippen LogP contribution in [-0.4, -0.2) is 4.98 Å². The molecule has 0 spiro atoms. The summed E-state index contributed by atoms with van der Waals surface area (Å²) in [5.74, 6) is 0. The monoisotopic (exact) mass is 262 g/mol. The maximum absolute atomic E-state index is 12.7. The topological polar surface area (TPSA) is 36.7 Å². The fourth-order valence-electron chi connectivity index (χ4n) is 1.79. The van der Waals surface area contributed by atoms with Crippen molar-refractivity contribution in [2.75, 3.05) is 0 Å². The van der Waals surface area contributed by atoms with Crippen molar-refractivity contribution in [3.05, 3.63) is 53.9 Å². The first-order valence-corrected chi connectivity index (χ1v) is 5.50. The summed E-state index contributed by atoms with van der Waals surface area (Å²) >= 11 is 0. The maximum atomic E-state index is 12.7. The molecule has 96 valence electrons. The third-order valence-corrected chi connectivity index (χ3v) is 2.68. The van der Waals surface area contributed by atoms with Crippen LogP contribution in [0.1, 0.15) is 11.1 Å². The molecule has 2 aromatic rings. The molecule has 0 N–H and O–H groups in total. The van der Waals surface area contributed by atoms with Crippen LogP contribution in [0.15, 0.2) is 42.7 Å². The van der Waals surface area contributed by atoms with E-state index in [-0.39, 0.29) is 6.42 Å². The van der Waals surface area contributed by atoms with Gasteiger partial charge in [-0.25, -0.2) is 0 Å². The molecule has 0 aliphatic rings. The molecule has 0 saturated carbocycles. The molecule has 5 heteroatoms. The van der Waals surface area contributed by atoms with Gasteiger partial charge in [-0.2, -0.15) is 18.4 Å². The summed E-state index contributed by atoms with van der Waals surface area (Å²) in [6.45, 7) is 0. The summed E-state index contributed by atoms with van der Waals surface area (Å²) in [5, 5.41) is 8.72. The quantitative estimate of drug-likeness (QED) is 0.824. The van der Waals surface area contributed by atoms with Gasteiger partial charge in [0.25, 0.3) is 0 Å². The predicted octanol–water partition coefficient (Wildman–Crippen LogP) is 3.83. The number of nitrogens with zero attached hydrogens (tertiary/aromatic N) is 2. The molecule has 2 rings (SSSR count). The van der Waals surface area contributed by atoms with E-state index < -0.39 is 11.7 Å². The minimum atomic E-state index is -4.38. The van der Waals surface area contributed by atoms with Gasteiger partial charge < -0.3 is 0 Å². The maximum Gasteiger partial charge on any atom is 0.416 e. The highest BCUT2D eigenvalue weighted by molar-refractivity contribution is 5.67. The Balaban J connectivity index is 2.51. The summed E-state index contributed by atoms with van der Waals surface area (Å²) in [7, 11) is 0. The normalized spacial score (nSPS) is 11.1. The molecule has 0 aliphatic carbocycles. The second-order valence-corrected chi connectivity index (χ2v) is 3.95. The molecular weight excluding hydrogens is 253 g/mol. The molecule has 0 atom stereocenters. The van der Waals surface area contributed by atoms with Crippen molar-refractivity contribution in [1.29, 1.82) is 5.26 Å². The highest BCUT2D eigenvalue weighted by atomic mass is 19.4. The lowest BCUT2D eigenvalue weighted by Gasteiger charge is -2.10. The van der Waals surface area contributed by atoms with Crippen molar-refractivity contribution >= 4 is 0 Å². The molecule has 0 unspecified atom stereocenters. The van der Waals surface area contributed by atoms with Crippen LogP contribution in [0.2, 0.25) is 0 Å². The van der Waals surface area contributed by atoms with Gasteiger partial charge in [-0.15, -0.1) is 0 Å². The van der Waals surface area contributed by atoms with Gasteiger partial charge in [0, 0.05) is 18.0 Å². The van der Waals surface area contributed by atoms with Crippen LogP contribution in [-0.2, 0) is 12.6 Å². The fourth-order valence-corrected chi connectivity index (χ4v) is 1.79. The molecule has 0 aliphatic heterocycles. The second-order valence-electron chi connectivity index (χ2n) is 3.95. The average molecular weight is 262 g/mol. The van der Waals surface area contributed by atoms with Crippen molar-refractivity contribution < 1.29 is 13.2 Å². The van der Waals surface area contributed by atoms with Crippen LogP contribution in [0.3, 0.4) is 0 Å². The average Bonchev–Trinajstić information content (AvgIpc) is 2.39. The van der Waals surface area contributed by atoms with E-state index in [4.69, 9.17) is 5.26 Å². The Labute approximate surface area is 108 Å². The van der Waals surface area contributed by atoms with Gasteiger partial charge in [0.15, 0.2) is 0 Å². The zero-order valence-electron chi connectivity index (χ0n) is 9.78. The van der Waals surface area contributed by atoms with Crippen LogP contribution in [0.25, 0.3) is 11.1 Å². The number of halogens is 3. The highest BCUT2D eigenvalue weighted by Gasteiger charge is 2.30. The number of benzene rings is 1. The number of nitriles is 1. The molecule has 0 fully saturated rings. The van der Waals surface area contributed by atoms with Gasteiger partial charge in [-0.1, -0.05) is 12.1 Å². The van der Waals surface area contributed by atoms with Crippen LogP contribution >= 0.6 is 0 Å². The van der Waals surface area contributed by atoms with Crippen LogP contribution < -0.4 is 0 Å². The van der Waals surface area contributed by atoms with Crippen molar-refractivity contribution in [3.63, 3.8) is 0 Å². The molecule has 1 heterocycles. The van der Waals surface area contributed by atoms with Gasteiger partial charge in [0.1, 0.15) is 0 Å². The third-order valence-electron chi connectivity index (χ3n) is 2.68. The molecule has 0 bridgehead atoms. The SMILES string of the molecule is N#CCc1ccncc1-c1cccc(C(F)(F)F)c1. The zero-order chi connectivity index (χ0) is 13.9. The van der Waals surface area contributed by atoms with E-state index in [1.807, 2.05) is 6.07 Å². The minimum absolute atomic E-state index is 0.133. The molecule has 19 heavy (non-hydrogen) atoms. The Morgan fingerprint density at radius 2 is 2.00 bits per heavy atom. The minimum Gasteiger partial charge on any atom is -0.264 e. The first kappa shape index (κ1) is 13.1. The number of hydrogen-bond donors (Lipinski definition) is 0. The van der Waals surface area contributed by atoms with Crippen LogP contribution in [0, 0.1) is 11.3 Å². The number of aromatic nitrogens is 1. The fraction of sp³-hybridized carbons (Fsp3) is 0.143. The molecular formula is C14H9F3N2. The summed E-state index contributed by atoms with van der Waals surface area (Å²) < 4.78 is 38.0. The predicted molar refractivity (Wildman–Crippen MR) is 64.0 cm³/mol. The largest absolute Gasteiger partial charge is 0.416 e.